The highest BCUT2D eigenvalue weighted by atomic mass is 19.1. The Morgan fingerprint density at radius 3 is 2.90 bits per heavy atom. The summed E-state index contributed by atoms with van der Waals surface area (Å²) in [6, 6.07) is 7.78. The van der Waals surface area contributed by atoms with Crippen LogP contribution < -0.4 is 19.5 Å². The van der Waals surface area contributed by atoms with E-state index < -0.39 is 5.95 Å². The fourth-order valence-corrected chi connectivity index (χ4v) is 1.71. The number of carbonyl (C=O) groups excluding carboxylic acids is 1. The molecule has 0 spiro atoms. The van der Waals surface area contributed by atoms with Crippen molar-refractivity contribution < 1.29 is 23.4 Å². The zero-order valence-corrected chi connectivity index (χ0v) is 10.1. The van der Waals surface area contributed by atoms with Crippen molar-refractivity contribution in [3.8, 4) is 23.1 Å². The number of pyridine rings is 1. The summed E-state index contributed by atoms with van der Waals surface area (Å²) in [7, 11) is 0. The van der Waals surface area contributed by atoms with E-state index in [9.17, 15) is 9.18 Å². The molecular weight excluding hydrogens is 267 g/mol. The molecule has 0 atom stereocenters. The third-order valence-electron chi connectivity index (χ3n) is 2.60. The average molecular weight is 276 g/mol. The van der Waals surface area contributed by atoms with E-state index in [1.807, 2.05) is 0 Å². The Morgan fingerprint density at radius 1 is 1.25 bits per heavy atom. The number of halogens is 1. The summed E-state index contributed by atoms with van der Waals surface area (Å²) >= 11 is 0. The van der Waals surface area contributed by atoms with Crippen LogP contribution >= 0.6 is 0 Å². The highest BCUT2D eigenvalue weighted by Crippen LogP contribution is 2.36. The van der Waals surface area contributed by atoms with E-state index in [2.05, 4.69) is 10.3 Å². The number of nitrogens with zero attached hydrogens (tertiary/aromatic N) is 1. The van der Waals surface area contributed by atoms with E-state index in [0.29, 0.717) is 23.7 Å². The lowest BCUT2D eigenvalue weighted by Crippen LogP contribution is -2.00. The molecule has 0 unspecified atom stereocenters. The molecule has 1 aliphatic rings. The number of fused-ring (bicyclic) bond motifs is 1. The van der Waals surface area contributed by atoms with Crippen molar-refractivity contribution in [2.45, 2.75) is 0 Å². The van der Waals surface area contributed by atoms with E-state index in [0.717, 1.165) is 0 Å². The molecule has 1 aromatic carbocycles. The van der Waals surface area contributed by atoms with Crippen molar-refractivity contribution in [1.29, 1.82) is 0 Å². The number of anilines is 1. The lowest BCUT2D eigenvalue weighted by Gasteiger charge is -2.07. The molecule has 102 valence electrons. The normalized spacial score (nSPS) is 12.1. The van der Waals surface area contributed by atoms with Crippen LogP contribution in [0.5, 0.6) is 23.1 Å². The van der Waals surface area contributed by atoms with Gasteiger partial charge in [-0.2, -0.15) is 9.37 Å². The fraction of sp³-hybridized carbons (Fsp3) is 0.0769. The summed E-state index contributed by atoms with van der Waals surface area (Å²) < 4.78 is 29.3. The van der Waals surface area contributed by atoms with E-state index >= 15 is 0 Å². The SMILES string of the molecule is O=CNc1ccc(Oc2ccc3c(c2)OCO3)nc1F. The minimum atomic E-state index is -0.824. The quantitative estimate of drug-likeness (QED) is 0.685. The predicted molar refractivity (Wildman–Crippen MR) is 66.5 cm³/mol. The van der Waals surface area contributed by atoms with Gasteiger partial charge in [-0.25, -0.2) is 0 Å². The molecule has 0 saturated heterocycles. The summed E-state index contributed by atoms with van der Waals surface area (Å²) in [5.74, 6) is 0.870. The molecule has 0 saturated carbocycles. The lowest BCUT2D eigenvalue weighted by atomic mass is 10.3. The van der Waals surface area contributed by atoms with Gasteiger partial charge in [-0.15, -0.1) is 0 Å². The van der Waals surface area contributed by atoms with Crippen molar-refractivity contribution in [2.24, 2.45) is 0 Å². The summed E-state index contributed by atoms with van der Waals surface area (Å²) in [6.45, 7) is 0.164. The van der Waals surface area contributed by atoms with Crippen LogP contribution in [0.2, 0.25) is 0 Å². The second-order valence-electron chi connectivity index (χ2n) is 3.87. The molecule has 1 N–H and O–H groups in total. The monoisotopic (exact) mass is 276 g/mol. The first-order chi connectivity index (χ1) is 9.76. The first-order valence-electron chi connectivity index (χ1n) is 5.70. The zero-order valence-electron chi connectivity index (χ0n) is 10.1. The summed E-state index contributed by atoms with van der Waals surface area (Å²) in [6.07, 6.45) is 0.373. The number of nitrogens with one attached hydrogen (secondary N) is 1. The highest BCUT2D eigenvalue weighted by Gasteiger charge is 2.14. The number of ether oxygens (including phenoxy) is 3. The Bertz CT molecular complexity index is 663. The standard InChI is InChI=1S/C13H9FN2O4/c14-13-9(15-6-17)2-4-12(16-13)20-8-1-3-10-11(5-8)19-7-18-10/h1-6H,7H2,(H,15,17). The Morgan fingerprint density at radius 2 is 2.10 bits per heavy atom. The number of carbonyl (C=O) groups is 1. The van der Waals surface area contributed by atoms with Gasteiger partial charge in [0.2, 0.25) is 25.0 Å². The van der Waals surface area contributed by atoms with Crippen molar-refractivity contribution in [3.05, 3.63) is 36.3 Å². The maximum atomic E-state index is 13.5. The van der Waals surface area contributed by atoms with Crippen LogP contribution in [0.25, 0.3) is 0 Å². The van der Waals surface area contributed by atoms with E-state index in [1.54, 1.807) is 18.2 Å². The Balaban J connectivity index is 1.80. The molecule has 6 nitrogen and oxygen atoms in total. The first-order valence-corrected chi connectivity index (χ1v) is 5.70. The van der Waals surface area contributed by atoms with Crippen LogP contribution in [0.4, 0.5) is 10.1 Å². The van der Waals surface area contributed by atoms with Crippen molar-refractivity contribution in [1.82, 2.24) is 4.98 Å². The molecule has 2 aromatic rings. The van der Waals surface area contributed by atoms with Gasteiger partial charge in [-0.05, 0) is 18.2 Å². The largest absolute Gasteiger partial charge is 0.454 e. The van der Waals surface area contributed by atoms with Crippen molar-refractivity contribution in [3.63, 3.8) is 0 Å². The van der Waals surface area contributed by atoms with Gasteiger partial charge >= 0.3 is 0 Å². The van der Waals surface area contributed by atoms with Gasteiger partial charge < -0.3 is 19.5 Å². The molecular formula is C13H9FN2O4. The van der Waals surface area contributed by atoms with Gasteiger partial charge in [0.15, 0.2) is 11.5 Å². The van der Waals surface area contributed by atoms with Gasteiger partial charge in [0.1, 0.15) is 5.75 Å². The molecule has 2 heterocycles. The summed E-state index contributed by atoms with van der Waals surface area (Å²) in [5.41, 5.74) is -0.0157. The Hall–Kier alpha value is -2.83. The van der Waals surface area contributed by atoms with Crippen LogP contribution in [-0.2, 0) is 4.79 Å². The second kappa shape index (κ2) is 5.04. The van der Waals surface area contributed by atoms with E-state index in [-0.39, 0.29) is 18.4 Å². The molecule has 0 fully saturated rings. The molecule has 3 rings (SSSR count). The number of hydrogen-bond acceptors (Lipinski definition) is 5. The summed E-state index contributed by atoms with van der Waals surface area (Å²) in [5, 5.41) is 2.19. The first kappa shape index (κ1) is 12.2. The third-order valence-corrected chi connectivity index (χ3v) is 2.60. The number of benzene rings is 1. The van der Waals surface area contributed by atoms with Crippen molar-refractivity contribution in [2.75, 3.05) is 12.1 Å². The molecule has 0 bridgehead atoms. The minimum Gasteiger partial charge on any atom is -0.454 e. The number of rotatable bonds is 4. The van der Waals surface area contributed by atoms with Crippen LogP contribution in [0.1, 0.15) is 0 Å². The van der Waals surface area contributed by atoms with Gasteiger partial charge in [-0.3, -0.25) is 4.79 Å². The zero-order chi connectivity index (χ0) is 13.9. The lowest BCUT2D eigenvalue weighted by molar-refractivity contribution is -0.105. The smallest absolute Gasteiger partial charge is 0.239 e. The third kappa shape index (κ3) is 2.33. The Kier molecular flexibility index (Phi) is 3.08. The van der Waals surface area contributed by atoms with Gasteiger partial charge in [0.25, 0.3) is 0 Å². The number of aromatic nitrogens is 1. The molecule has 7 heteroatoms. The maximum Gasteiger partial charge on any atom is 0.239 e. The van der Waals surface area contributed by atoms with Crippen LogP contribution in [0.15, 0.2) is 30.3 Å². The molecule has 20 heavy (non-hydrogen) atoms. The van der Waals surface area contributed by atoms with E-state index in [4.69, 9.17) is 14.2 Å². The number of amides is 1. The Labute approximate surface area is 113 Å². The molecule has 1 aliphatic heterocycles. The van der Waals surface area contributed by atoms with Gasteiger partial charge in [0, 0.05) is 12.1 Å². The van der Waals surface area contributed by atoms with Crippen LogP contribution in [0.3, 0.4) is 0 Å². The molecule has 1 amide bonds. The molecule has 1 aromatic heterocycles. The molecule has 0 radical (unpaired) electrons. The molecule has 0 aliphatic carbocycles. The number of hydrogen-bond donors (Lipinski definition) is 1. The predicted octanol–water partition coefficient (Wildman–Crippen LogP) is 2.31. The van der Waals surface area contributed by atoms with Gasteiger partial charge in [-0.1, -0.05) is 0 Å². The second-order valence-corrected chi connectivity index (χ2v) is 3.87. The fourth-order valence-electron chi connectivity index (χ4n) is 1.71. The highest BCUT2D eigenvalue weighted by molar-refractivity contribution is 5.70. The van der Waals surface area contributed by atoms with Crippen LogP contribution in [-0.4, -0.2) is 18.2 Å². The van der Waals surface area contributed by atoms with Gasteiger partial charge in [0.05, 0.1) is 5.69 Å². The summed E-state index contributed by atoms with van der Waals surface area (Å²) in [4.78, 5) is 13.8. The topological polar surface area (TPSA) is 69.7 Å². The van der Waals surface area contributed by atoms with Crippen molar-refractivity contribution >= 4 is 12.1 Å². The van der Waals surface area contributed by atoms with Crippen LogP contribution in [0, 0.1) is 5.95 Å². The minimum absolute atomic E-state index is 0.0157. The average Bonchev–Trinajstić information content (AvgIpc) is 2.89. The maximum absolute atomic E-state index is 13.5. The van der Waals surface area contributed by atoms with E-state index in [1.165, 1.54) is 12.1 Å².